The molecule has 3 rings (SSSR count). The fourth-order valence-corrected chi connectivity index (χ4v) is 2.67. The molecule has 0 aliphatic rings. The second kappa shape index (κ2) is 6.01. The normalized spacial score (nSPS) is 11.0. The molecule has 0 amide bonds. The molecule has 0 unspecified atom stereocenters. The van der Waals surface area contributed by atoms with Gasteiger partial charge in [0.1, 0.15) is 5.82 Å². The molecule has 3 nitrogen and oxygen atoms in total. The van der Waals surface area contributed by atoms with E-state index in [-0.39, 0.29) is 17.1 Å². The molecule has 0 aliphatic carbocycles. The summed E-state index contributed by atoms with van der Waals surface area (Å²) < 4.78 is 34.6. The Balaban J connectivity index is 2.03. The number of hydrogen-bond acceptors (Lipinski definition) is 2. The summed E-state index contributed by atoms with van der Waals surface area (Å²) in [4.78, 5) is 11.6. The Morgan fingerprint density at radius 1 is 1.17 bits per heavy atom. The van der Waals surface area contributed by atoms with Crippen LogP contribution in [0.3, 0.4) is 0 Å². The second-order valence-electron chi connectivity index (χ2n) is 5.01. The van der Waals surface area contributed by atoms with Crippen LogP contribution in [0.15, 0.2) is 42.6 Å². The number of halogens is 3. The summed E-state index contributed by atoms with van der Waals surface area (Å²) >= 11 is 5.76. The van der Waals surface area contributed by atoms with E-state index in [1.54, 1.807) is 35.0 Å². The van der Waals surface area contributed by atoms with Crippen molar-refractivity contribution in [3.63, 3.8) is 0 Å². The summed E-state index contributed by atoms with van der Waals surface area (Å²) in [6, 6.07) is 9.21. The Bertz CT molecular complexity index is 905. The molecule has 0 radical (unpaired) electrons. The van der Waals surface area contributed by atoms with Crippen LogP contribution in [-0.4, -0.2) is 17.6 Å². The highest BCUT2D eigenvalue weighted by atomic mass is 35.5. The van der Waals surface area contributed by atoms with Crippen LogP contribution in [0.4, 0.5) is 8.78 Å². The van der Waals surface area contributed by atoms with Crippen molar-refractivity contribution < 1.29 is 18.3 Å². The minimum atomic E-state index is -0.737. The lowest BCUT2D eigenvalue weighted by Crippen LogP contribution is -2.08. The van der Waals surface area contributed by atoms with Crippen LogP contribution >= 0.6 is 11.6 Å². The van der Waals surface area contributed by atoms with E-state index in [0.717, 1.165) is 0 Å². The van der Waals surface area contributed by atoms with Gasteiger partial charge in [-0.05, 0) is 24.3 Å². The first-order chi connectivity index (χ1) is 11.0. The highest BCUT2D eigenvalue weighted by Gasteiger charge is 2.16. The summed E-state index contributed by atoms with van der Waals surface area (Å²) in [5.74, 6) is -1.89. The van der Waals surface area contributed by atoms with Crippen molar-refractivity contribution in [2.45, 2.75) is 6.54 Å². The van der Waals surface area contributed by atoms with Crippen molar-refractivity contribution in [1.29, 1.82) is 0 Å². The third-order valence-electron chi connectivity index (χ3n) is 3.66. The minimum absolute atomic E-state index is 0.0362. The lowest BCUT2D eigenvalue weighted by molar-refractivity contribution is 0.0595. The molecule has 23 heavy (non-hydrogen) atoms. The molecule has 1 aromatic heterocycles. The third-order valence-corrected chi connectivity index (χ3v) is 3.96. The van der Waals surface area contributed by atoms with Crippen molar-refractivity contribution in [3.8, 4) is 0 Å². The molecule has 0 aliphatic heterocycles. The highest BCUT2D eigenvalue weighted by molar-refractivity contribution is 6.31. The Labute approximate surface area is 136 Å². The number of esters is 1. The van der Waals surface area contributed by atoms with Gasteiger partial charge in [0.2, 0.25) is 0 Å². The van der Waals surface area contributed by atoms with Gasteiger partial charge in [0, 0.05) is 17.1 Å². The Hall–Kier alpha value is -2.40. The van der Waals surface area contributed by atoms with Gasteiger partial charge in [-0.3, -0.25) is 0 Å². The van der Waals surface area contributed by atoms with E-state index in [2.05, 4.69) is 4.74 Å². The van der Waals surface area contributed by atoms with Gasteiger partial charge < -0.3 is 9.30 Å². The number of nitrogens with zero attached hydrogens (tertiary/aromatic N) is 1. The predicted molar refractivity (Wildman–Crippen MR) is 83.7 cm³/mol. The van der Waals surface area contributed by atoms with E-state index in [9.17, 15) is 13.6 Å². The van der Waals surface area contributed by atoms with Crippen LogP contribution in [-0.2, 0) is 11.3 Å². The van der Waals surface area contributed by atoms with Crippen LogP contribution in [0.1, 0.15) is 15.9 Å². The summed E-state index contributed by atoms with van der Waals surface area (Å²) in [5.41, 5.74) is 0.770. The van der Waals surface area contributed by atoms with Crippen LogP contribution in [0.2, 0.25) is 5.02 Å². The first kappa shape index (κ1) is 15.5. The maximum absolute atomic E-state index is 14.4. The summed E-state index contributed by atoms with van der Waals surface area (Å²) in [5, 5.41) is 0.399. The fourth-order valence-electron chi connectivity index (χ4n) is 2.50. The van der Waals surface area contributed by atoms with Crippen LogP contribution in [0.5, 0.6) is 0 Å². The lowest BCUT2D eigenvalue weighted by atomic mass is 10.1. The van der Waals surface area contributed by atoms with Crippen molar-refractivity contribution in [1.82, 2.24) is 4.57 Å². The van der Waals surface area contributed by atoms with Crippen LogP contribution in [0.25, 0.3) is 10.9 Å². The number of fused-ring (bicyclic) bond motifs is 1. The predicted octanol–water partition coefficient (Wildman–Crippen LogP) is 4.41. The molecule has 118 valence electrons. The zero-order valence-corrected chi connectivity index (χ0v) is 12.9. The van der Waals surface area contributed by atoms with E-state index in [1.165, 1.54) is 19.2 Å². The first-order valence-electron chi connectivity index (χ1n) is 6.81. The van der Waals surface area contributed by atoms with Gasteiger partial charge in [-0.15, -0.1) is 0 Å². The quantitative estimate of drug-likeness (QED) is 0.664. The van der Waals surface area contributed by atoms with Crippen LogP contribution < -0.4 is 0 Å². The second-order valence-corrected chi connectivity index (χ2v) is 5.42. The standard InChI is InChI=1S/C17H12ClF2NO2/c1-23-17(22)12-4-2-3-10(15(12)19)9-21-8-7-11-14(21)6-5-13(18)16(11)20/h2-8H,9H2,1H3. The Morgan fingerprint density at radius 3 is 2.70 bits per heavy atom. The number of hydrogen-bond donors (Lipinski definition) is 0. The molecule has 0 atom stereocenters. The molecule has 3 aromatic rings. The van der Waals surface area contributed by atoms with Gasteiger partial charge in [0.05, 0.1) is 29.8 Å². The van der Waals surface area contributed by atoms with E-state index in [4.69, 9.17) is 11.6 Å². The van der Waals surface area contributed by atoms with Gasteiger partial charge in [-0.2, -0.15) is 0 Å². The first-order valence-corrected chi connectivity index (χ1v) is 7.19. The van der Waals surface area contributed by atoms with Gasteiger partial charge in [-0.25, -0.2) is 13.6 Å². The SMILES string of the molecule is COC(=O)c1cccc(Cn2ccc3c(F)c(Cl)ccc32)c1F. The number of aromatic nitrogens is 1. The molecule has 0 saturated heterocycles. The smallest absolute Gasteiger partial charge is 0.340 e. The molecule has 1 heterocycles. The largest absolute Gasteiger partial charge is 0.465 e. The molecule has 0 bridgehead atoms. The summed E-state index contributed by atoms with van der Waals surface area (Å²) in [6.45, 7) is 0.154. The maximum Gasteiger partial charge on any atom is 0.340 e. The number of benzene rings is 2. The van der Waals surface area contributed by atoms with Gasteiger partial charge >= 0.3 is 5.97 Å². The fraction of sp³-hybridized carbons (Fsp3) is 0.118. The van der Waals surface area contributed by atoms with E-state index in [1.807, 2.05) is 0 Å². The lowest BCUT2D eigenvalue weighted by Gasteiger charge is -2.09. The van der Waals surface area contributed by atoms with E-state index >= 15 is 0 Å². The molecule has 0 N–H and O–H groups in total. The molecule has 0 spiro atoms. The van der Waals surface area contributed by atoms with Crippen LogP contribution in [0, 0.1) is 11.6 Å². The Morgan fingerprint density at radius 2 is 1.96 bits per heavy atom. The third kappa shape index (κ3) is 2.68. The number of methoxy groups -OCH3 is 1. The maximum atomic E-state index is 14.4. The molecule has 6 heteroatoms. The van der Waals surface area contributed by atoms with Gasteiger partial charge in [0.15, 0.2) is 5.82 Å². The molecule has 0 saturated carbocycles. The zero-order valence-electron chi connectivity index (χ0n) is 12.1. The number of ether oxygens (including phenoxy) is 1. The summed E-state index contributed by atoms with van der Waals surface area (Å²) in [7, 11) is 1.19. The van der Waals surface area contributed by atoms with Gasteiger partial charge in [0.25, 0.3) is 0 Å². The monoisotopic (exact) mass is 335 g/mol. The topological polar surface area (TPSA) is 31.2 Å². The van der Waals surface area contributed by atoms with E-state index in [0.29, 0.717) is 16.5 Å². The molecule has 2 aromatic carbocycles. The Kier molecular flexibility index (Phi) is 4.05. The number of rotatable bonds is 3. The highest BCUT2D eigenvalue weighted by Crippen LogP contribution is 2.26. The zero-order chi connectivity index (χ0) is 16.6. The summed E-state index contributed by atoms with van der Waals surface area (Å²) in [6.07, 6.45) is 1.65. The number of carbonyl (C=O) groups is 1. The van der Waals surface area contributed by atoms with Crippen molar-refractivity contribution >= 4 is 28.5 Å². The van der Waals surface area contributed by atoms with E-state index < -0.39 is 17.6 Å². The minimum Gasteiger partial charge on any atom is -0.465 e. The average Bonchev–Trinajstić information content (AvgIpc) is 2.96. The molecule has 0 fully saturated rings. The van der Waals surface area contributed by atoms with Crippen molar-refractivity contribution in [3.05, 3.63) is 70.4 Å². The molecular weight excluding hydrogens is 324 g/mol. The van der Waals surface area contributed by atoms with Crippen molar-refractivity contribution in [2.75, 3.05) is 7.11 Å². The number of carbonyl (C=O) groups excluding carboxylic acids is 1. The van der Waals surface area contributed by atoms with Crippen molar-refractivity contribution in [2.24, 2.45) is 0 Å². The average molecular weight is 336 g/mol. The van der Waals surface area contributed by atoms with Gasteiger partial charge in [-0.1, -0.05) is 23.7 Å². The molecular formula is C17H12ClF2NO2.